The third kappa shape index (κ3) is 6.28. The van der Waals surface area contributed by atoms with E-state index in [1.807, 2.05) is 0 Å². The van der Waals surface area contributed by atoms with E-state index in [0.717, 1.165) is 54.6 Å². The van der Waals surface area contributed by atoms with Gasteiger partial charge in [0, 0.05) is 62.4 Å². The van der Waals surface area contributed by atoms with Crippen LogP contribution in [0, 0.1) is 29.5 Å². The number of anilines is 2. The molecule has 1 heterocycles. The normalized spacial score (nSPS) is 19.7. The molecular formula is C26H34FN7S. The lowest BCUT2D eigenvalue weighted by atomic mass is 9.84. The number of hydrogen-bond acceptors (Lipinski definition) is 8. The molecule has 0 radical (unpaired) electrons. The van der Waals surface area contributed by atoms with Crippen LogP contribution >= 0.6 is 11.9 Å². The molecule has 1 atom stereocenters. The number of hydrazone groups is 1. The van der Waals surface area contributed by atoms with Gasteiger partial charge in [0.1, 0.15) is 10.9 Å². The van der Waals surface area contributed by atoms with Crippen molar-refractivity contribution >= 4 is 40.8 Å². The molecule has 2 aromatic carbocycles. The van der Waals surface area contributed by atoms with Crippen molar-refractivity contribution in [2.45, 2.75) is 32.2 Å². The monoisotopic (exact) mass is 495 g/mol. The summed E-state index contributed by atoms with van der Waals surface area (Å²) in [6.07, 6.45) is 6.60. The molecule has 1 saturated carbocycles. The number of benzene rings is 2. The van der Waals surface area contributed by atoms with Gasteiger partial charge in [0.25, 0.3) is 0 Å². The lowest BCUT2D eigenvalue weighted by Crippen LogP contribution is -2.48. The van der Waals surface area contributed by atoms with Gasteiger partial charge in [-0.2, -0.15) is 5.10 Å². The molecule has 1 unspecified atom stereocenters. The van der Waals surface area contributed by atoms with E-state index in [-0.39, 0.29) is 11.9 Å². The van der Waals surface area contributed by atoms with Crippen LogP contribution in [0.4, 0.5) is 15.8 Å². The first-order valence-corrected chi connectivity index (χ1v) is 12.9. The summed E-state index contributed by atoms with van der Waals surface area (Å²) in [6.45, 7) is 5.90. The molecule has 9 heteroatoms. The minimum Gasteiger partial charge on any atom is -0.355 e. The summed E-state index contributed by atoms with van der Waals surface area (Å²) in [5.74, 6) is 0.494. The Morgan fingerprint density at radius 1 is 1.20 bits per heavy atom. The summed E-state index contributed by atoms with van der Waals surface area (Å²) < 4.78 is 15.6. The van der Waals surface area contributed by atoms with Crippen LogP contribution in [-0.4, -0.2) is 59.9 Å². The Hall–Kier alpha value is -2.75. The van der Waals surface area contributed by atoms with Gasteiger partial charge in [-0.05, 0) is 85.2 Å². The molecule has 35 heavy (non-hydrogen) atoms. The van der Waals surface area contributed by atoms with Gasteiger partial charge in [-0.1, -0.05) is 6.42 Å². The SMILES string of the molecule is CN/N=C(\C=N)SN1CCN(CC2CCC2)C(c2cc(C=N)c(Nc3ccc(F)cc3)cc2C)C1. The summed E-state index contributed by atoms with van der Waals surface area (Å²) in [5.41, 5.74) is 7.60. The van der Waals surface area contributed by atoms with Gasteiger partial charge in [0.05, 0.1) is 6.21 Å². The fourth-order valence-corrected chi connectivity index (χ4v) is 5.58. The van der Waals surface area contributed by atoms with Crippen LogP contribution in [0.3, 0.4) is 0 Å². The second-order valence-electron chi connectivity index (χ2n) is 9.18. The Morgan fingerprint density at radius 3 is 2.60 bits per heavy atom. The molecule has 0 aromatic heterocycles. The van der Waals surface area contributed by atoms with E-state index in [1.165, 1.54) is 61.3 Å². The Balaban J connectivity index is 1.61. The maximum atomic E-state index is 13.3. The van der Waals surface area contributed by atoms with E-state index in [4.69, 9.17) is 10.8 Å². The molecule has 4 rings (SSSR count). The zero-order chi connectivity index (χ0) is 24.8. The molecule has 0 spiro atoms. The number of halogens is 1. The molecule has 4 N–H and O–H groups in total. The highest BCUT2D eigenvalue weighted by atomic mass is 32.2. The highest BCUT2D eigenvalue weighted by molar-refractivity contribution is 8.13. The van der Waals surface area contributed by atoms with E-state index in [2.05, 4.69) is 44.1 Å². The molecule has 7 nitrogen and oxygen atoms in total. The van der Waals surface area contributed by atoms with Crippen molar-refractivity contribution in [3.63, 3.8) is 0 Å². The van der Waals surface area contributed by atoms with E-state index in [1.54, 1.807) is 19.2 Å². The number of nitrogens with one attached hydrogen (secondary N) is 4. The number of nitrogens with zero attached hydrogens (tertiary/aromatic N) is 3. The van der Waals surface area contributed by atoms with Gasteiger partial charge in [-0.3, -0.25) is 4.90 Å². The Bertz CT molecular complexity index is 1070. The Kier molecular flexibility index (Phi) is 8.54. The molecule has 1 saturated heterocycles. The average molecular weight is 496 g/mol. The predicted molar refractivity (Wildman–Crippen MR) is 145 cm³/mol. The van der Waals surface area contributed by atoms with Crippen LogP contribution in [0.1, 0.15) is 42.0 Å². The molecular weight excluding hydrogens is 461 g/mol. The molecule has 2 aliphatic rings. The maximum absolute atomic E-state index is 13.3. The van der Waals surface area contributed by atoms with Crippen LogP contribution in [-0.2, 0) is 0 Å². The summed E-state index contributed by atoms with van der Waals surface area (Å²) in [5, 5.41) is 23.9. The van der Waals surface area contributed by atoms with Gasteiger partial charge < -0.3 is 21.6 Å². The van der Waals surface area contributed by atoms with Gasteiger partial charge in [0.2, 0.25) is 0 Å². The Morgan fingerprint density at radius 2 is 1.97 bits per heavy atom. The zero-order valence-electron chi connectivity index (χ0n) is 20.4. The van der Waals surface area contributed by atoms with E-state index >= 15 is 0 Å². The smallest absolute Gasteiger partial charge is 0.149 e. The van der Waals surface area contributed by atoms with Crippen molar-refractivity contribution in [3.8, 4) is 0 Å². The minimum atomic E-state index is -0.272. The molecule has 186 valence electrons. The van der Waals surface area contributed by atoms with Crippen molar-refractivity contribution in [2.24, 2.45) is 11.0 Å². The van der Waals surface area contributed by atoms with Crippen LogP contribution in [0.5, 0.6) is 0 Å². The third-order valence-electron chi connectivity index (χ3n) is 6.82. The fraction of sp³-hybridized carbons (Fsp3) is 0.423. The first-order chi connectivity index (χ1) is 17.0. The van der Waals surface area contributed by atoms with Gasteiger partial charge in [-0.25, -0.2) is 8.70 Å². The molecule has 1 aliphatic heterocycles. The first kappa shape index (κ1) is 25.3. The Labute approximate surface area is 211 Å². The zero-order valence-corrected chi connectivity index (χ0v) is 21.2. The number of piperazine rings is 1. The second-order valence-corrected chi connectivity index (χ2v) is 10.3. The van der Waals surface area contributed by atoms with Crippen LogP contribution in [0.15, 0.2) is 41.5 Å². The van der Waals surface area contributed by atoms with Gasteiger partial charge in [0.15, 0.2) is 0 Å². The molecule has 2 aromatic rings. The molecule has 0 amide bonds. The molecule has 2 fully saturated rings. The van der Waals surface area contributed by atoms with Crippen molar-refractivity contribution in [2.75, 3.05) is 38.5 Å². The number of hydrogen-bond donors (Lipinski definition) is 4. The summed E-state index contributed by atoms with van der Waals surface area (Å²) in [7, 11) is 1.74. The third-order valence-corrected chi connectivity index (χ3v) is 7.80. The van der Waals surface area contributed by atoms with E-state index < -0.39 is 0 Å². The van der Waals surface area contributed by atoms with Gasteiger partial charge in [-0.15, -0.1) is 0 Å². The van der Waals surface area contributed by atoms with Crippen molar-refractivity contribution < 1.29 is 4.39 Å². The fourth-order valence-electron chi connectivity index (χ4n) is 4.74. The standard InChI is InChI=1S/C26H34FN7S/c1-18-12-24(31-22-8-6-21(27)7-9-22)20(14-28)13-23(18)25-17-34(35-26(15-29)32-30-2)11-10-33(25)16-19-4-3-5-19/h6-9,12-15,19,25,28-31H,3-5,10-11,16-17H2,1-2H3/b28-14?,29-15?,32-26+. The molecule has 0 bridgehead atoms. The lowest BCUT2D eigenvalue weighted by molar-refractivity contribution is 0.0847. The van der Waals surface area contributed by atoms with E-state index in [9.17, 15) is 4.39 Å². The summed E-state index contributed by atoms with van der Waals surface area (Å²) >= 11 is 1.51. The minimum absolute atomic E-state index is 0.192. The van der Waals surface area contributed by atoms with E-state index in [0.29, 0.717) is 5.04 Å². The van der Waals surface area contributed by atoms with Crippen molar-refractivity contribution in [1.29, 1.82) is 10.8 Å². The summed E-state index contributed by atoms with van der Waals surface area (Å²) in [6, 6.07) is 10.7. The second kappa shape index (κ2) is 11.8. The average Bonchev–Trinajstić information content (AvgIpc) is 2.83. The van der Waals surface area contributed by atoms with Crippen LogP contribution in [0.25, 0.3) is 0 Å². The van der Waals surface area contributed by atoms with Gasteiger partial charge >= 0.3 is 0 Å². The number of aryl methyl sites for hydroxylation is 1. The topological polar surface area (TPSA) is 90.6 Å². The summed E-state index contributed by atoms with van der Waals surface area (Å²) in [4.78, 5) is 2.60. The van der Waals surface area contributed by atoms with Crippen molar-refractivity contribution in [3.05, 3.63) is 58.9 Å². The largest absolute Gasteiger partial charge is 0.355 e. The molecule has 1 aliphatic carbocycles. The predicted octanol–water partition coefficient (Wildman–Crippen LogP) is 5.16. The van der Waals surface area contributed by atoms with Crippen LogP contribution < -0.4 is 10.7 Å². The lowest BCUT2D eigenvalue weighted by Gasteiger charge is -2.44. The highest BCUT2D eigenvalue weighted by Crippen LogP contribution is 2.37. The quantitative estimate of drug-likeness (QED) is 0.167. The number of rotatable bonds is 9. The first-order valence-electron chi connectivity index (χ1n) is 12.1. The highest BCUT2D eigenvalue weighted by Gasteiger charge is 2.33. The maximum Gasteiger partial charge on any atom is 0.149 e. The van der Waals surface area contributed by atoms with Crippen LogP contribution in [0.2, 0.25) is 0 Å². The van der Waals surface area contributed by atoms with Crippen molar-refractivity contribution in [1.82, 2.24) is 14.6 Å².